The van der Waals surface area contributed by atoms with Crippen molar-refractivity contribution in [2.45, 2.75) is 25.9 Å². The van der Waals surface area contributed by atoms with E-state index in [-0.39, 0.29) is 30.3 Å². The van der Waals surface area contributed by atoms with Gasteiger partial charge in [-0.15, -0.1) is 11.3 Å². The van der Waals surface area contributed by atoms with Gasteiger partial charge in [0, 0.05) is 17.0 Å². The number of hydrogen-bond donors (Lipinski definition) is 0. The first-order valence-corrected chi connectivity index (χ1v) is 10.8. The molecule has 2 aliphatic rings. The van der Waals surface area contributed by atoms with Gasteiger partial charge in [0.15, 0.2) is 0 Å². The van der Waals surface area contributed by atoms with Crippen LogP contribution < -0.4 is 0 Å². The molecule has 2 aromatic carbocycles. The molecule has 0 bridgehead atoms. The molecule has 150 valence electrons. The number of carbonyl (C=O) groups excluding carboxylic acids is 3. The number of benzene rings is 2. The van der Waals surface area contributed by atoms with E-state index in [0.29, 0.717) is 23.2 Å². The molecule has 6 heteroatoms. The summed E-state index contributed by atoms with van der Waals surface area (Å²) in [7, 11) is 0. The van der Waals surface area contributed by atoms with Gasteiger partial charge >= 0.3 is 0 Å². The Balaban J connectivity index is 1.37. The van der Waals surface area contributed by atoms with Crippen molar-refractivity contribution >= 4 is 29.1 Å². The summed E-state index contributed by atoms with van der Waals surface area (Å²) >= 11 is 1.75. The molecule has 3 heterocycles. The van der Waals surface area contributed by atoms with Crippen LogP contribution in [0.15, 0.2) is 60.0 Å². The van der Waals surface area contributed by atoms with Crippen LogP contribution in [0.5, 0.6) is 0 Å². The SMILES string of the molecule is C[C@H]1c2ccsc2CCN1C(=O)c1cccc(CN2C(=O)c3ccccc3C2=O)c1. The summed E-state index contributed by atoms with van der Waals surface area (Å²) in [4.78, 5) is 43.0. The van der Waals surface area contributed by atoms with Crippen molar-refractivity contribution in [3.05, 3.63) is 92.7 Å². The Labute approximate surface area is 178 Å². The quantitative estimate of drug-likeness (QED) is 0.598. The van der Waals surface area contributed by atoms with Gasteiger partial charge in [0.1, 0.15) is 0 Å². The van der Waals surface area contributed by atoms with Crippen LogP contribution in [0.3, 0.4) is 0 Å². The molecule has 0 fully saturated rings. The van der Waals surface area contributed by atoms with E-state index in [0.717, 1.165) is 12.0 Å². The molecule has 3 aromatic rings. The summed E-state index contributed by atoms with van der Waals surface area (Å²) < 4.78 is 0. The van der Waals surface area contributed by atoms with Gasteiger partial charge in [-0.05, 0) is 60.2 Å². The largest absolute Gasteiger partial charge is 0.331 e. The maximum Gasteiger partial charge on any atom is 0.261 e. The molecule has 5 rings (SSSR count). The van der Waals surface area contributed by atoms with E-state index in [1.165, 1.54) is 15.3 Å². The number of thiophene rings is 1. The van der Waals surface area contributed by atoms with Crippen LogP contribution in [0.2, 0.25) is 0 Å². The highest BCUT2D eigenvalue weighted by Gasteiger charge is 2.35. The predicted octanol–water partition coefficient (Wildman–Crippen LogP) is 4.30. The minimum Gasteiger partial charge on any atom is -0.331 e. The average molecular weight is 417 g/mol. The minimum atomic E-state index is -0.290. The second-order valence-corrected chi connectivity index (χ2v) is 8.67. The molecule has 5 nitrogen and oxygen atoms in total. The Kier molecular flexibility index (Phi) is 4.51. The molecule has 1 aromatic heterocycles. The van der Waals surface area contributed by atoms with Gasteiger partial charge in [-0.3, -0.25) is 19.3 Å². The van der Waals surface area contributed by atoms with Gasteiger partial charge in [-0.1, -0.05) is 24.3 Å². The van der Waals surface area contributed by atoms with E-state index >= 15 is 0 Å². The topological polar surface area (TPSA) is 57.7 Å². The fourth-order valence-corrected chi connectivity index (χ4v) is 5.28. The third-order valence-electron chi connectivity index (χ3n) is 5.93. The average Bonchev–Trinajstić information content (AvgIpc) is 3.34. The third kappa shape index (κ3) is 2.95. The lowest BCUT2D eigenvalue weighted by Gasteiger charge is -2.33. The van der Waals surface area contributed by atoms with E-state index in [4.69, 9.17) is 0 Å². The van der Waals surface area contributed by atoms with E-state index < -0.39 is 0 Å². The molecule has 0 spiro atoms. The Bertz CT molecular complexity index is 1150. The standard InChI is InChI=1S/C24H20N2O3S/c1-15-18-10-12-30-21(18)9-11-25(15)22(27)17-6-4-5-16(13-17)14-26-23(28)19-7-2-3-8-20(19)24(26)29/h2-8,10,12-13,15H,9,11,14H2,1H3/t15-/m0/s1. The van der Waals surface area contributed by atoms with Gasteiger partial charge in [0.05, 0.1) is 23.7 Å². The molecule has 30 heavy (non-hydrogen) atoms. The number of carbonyl (C=O) groups is 3. The molecule has 3 amide bonds. The number of fused-ring (bicyclic) bond motifs is 2. The Hall–Kier alpha value is -3.25. The van der Waals surface area contributed by atoms with Crippen molar-refractivity contribution in [2.24, 2.45) is 0 Å². The molecular weight excluding hydrogens is 396 g/mol. The number of rotatable bonds is 3. The molecule has 0 N–H and O–H groups in total. The Morgan fingerprint density at radius 2 is 1.77 bits per heavy atom. The van der Waals surface area contributed by atoms with Crippen molar-refractivity contribution in [2.75, 3.05) is 6.54 Å². The predicted molar refractivity (Wildman–Crippen MR) is 115 cm³/mol. The monoisotopic (exact) mass is 416 g/mol. The van der Waals surface area contributed by atoms with Crippen LogP contribution in [-0.2, 0) is 13.0 Å². The highest BCUT2D eigenvalue weighted by molar-refractivity contribution is 7.10. The van der Waals surface area contributed by atoms with Crippen LogP contribution in [0.4, 0.5) is 0 Å². The highest BCUT2D eigenvalue weighted by Crippen LogP contribution is 2.34. The molecule has 0 saturated carbocycles. The van der Waals surface area contributed by atoms with Crippen LogP contribution in [0.1, 0.15) is 60.0 Å². The van der Waals surface area contributed by atoms with Gasteiger partial charge in [-0.2, -0.15) is 0 Å². The Morgan fingerprint density at radius 3 is 2.50 bits per heavy atom. The molecule has 0 unspecified atom stereocenters. The van der Waals surface area contributed by atoms with E-state index in [1.807, 2.05) is 17.0 Å². The van der Waals surface area contributed by atoms with Crippen molar-refractivity contribution < 1.29 is 14.4 Å². The fourth-order valence-electron chi connectivity index (χ4n) is 4.32. The maximum absolute atomic E-state index is 13.2. The third-order valence-corrected chi connectivity index (χ3v) is 6.93. The summed E-state index contributed by atoms with van der Waals surface area (Å²) in [6.07, 6.45) is 0.873. The first kappa shape index (κ1) is 18.8. The number of imide groups is 1. The molecular formula is C24H20N2O3S. The van der Waals surface area contributed by atoms with Crippen LogP contribution in [0.25, 0.3) is 0 Å². The van der Waals surface area contributed by atoms with E-state index in [9.17, 15) is 14.4 Å². The highest BCUT2D eigenvalue weighted by atomic mass is 32.1. The molecule has 1 atom stereocenters. The summed E-state index contributed by atoms with van der Waals surface area (Å²) in [5.41, 5.74) is 3.43. The smallest absolute Gasteiger partial charge is 0.261 e. The fraction of sp³-hybridized carbons (Fsp3) is 0.208. The lowest BCUT2D eigenvalue weighted by molar-refractivity contribution is 0.0641. The molecule has 2 aliphatic heterocycles. The summed E-state index contributed by atoms with van der Waals surface area (Å²) in [5.74, 6) is -0.604. The van der Waals surface area contributed by atoms with Crippen molar-refractivity contribution in [3.8, 4) is 0 Å². The lowest BCUT2D eigenvalue weighted by atomic mass is 10.00. The molecule has 0 radical (unpaired) electrons. The van der Waals surface area contributed by atoms with Crippen molar-refractivity contribution in [1.82, 2.24) is 9.80 Å². The maximum atomic E-state index is 13.2. The zero-order valence-electron chi connectivity index (χ0n) is 16.5. The van der Waals surface area contributed by atoms with Crippen LogP contribution in [-0.4, -0.2) is 34.1 Å². The van der Waals surface area contributed by atoms with E-state index in [2.05, 4.69) is 18.4 Å². The zero-order chi connectivity index (χ0) is 20.8. The van der Waals surface area contributed by atoms with Gasteiger partial charge in [-0.25, -0.2) is 0 Å². The van der Waals surface area contributed by atoms with Crippen molar-refractivity contribution in [3.63, 3.8) is 0 Å². The first-order valence-electron chi connectivity index (χ1n) is 9.96. The van der Waals surface area contributed by atoms with Crippen molar-refractivity contribution in [1.29, 1.82) is 0 Å². The number of hydrogen-bond acceptors (Lipinski definition) is 4. The second-order valence-electron chi connectivity index (χ2n) is 7.67. The van der Waals surface area contributed by atoms with Gasteiger partial charge in [0.25, 0.3) is 17.7 Å². The first-order chi connectivity index (χ1) is 14.5. The normalized spacial score (nSPS) is 17.8. The number of nitrogens with zero attached hydrogens (tertiary/aromatic N) is 2. The minimum absolute atomic E-state index is 0.0245. The zero-order valence-corrected chi connectivity index (χ0v) is 17.3. The van der Waals surface area contributed by atoms with Gasteiger partial charge in [0.2, 0.25) is 0 Å². The van der Waals surface area contributed by atoms with Crippen LogP contribution in [0, 0.1) is 0 Å². The van der Waals surface area contributed by atoms with E-state index in [1.54, 1.807) is 47.7 Å². The second kappa shape index (κ2) is 7.22. The number of amides is 3. The lowest BCUT2D eigenvalue weighted by Crippen LogP contribution is -2.38. The molecule has 0 saturated heterocycles. The van der Waals surface area contributed by atoms with Crippen LogP contribution >= 0.6 is 11.3 Å². The molecule has 0 aliphatic carbocycles. The summed E-state index contributed by atoms with van der Waals surface area (Å²) in [5, 5.41) is 2.08. The summed E-state index contributed by atoms with van der Waals surface area (Å²) in [6.45, 7) is 2.90. The Morgan fingerprint density at radius 1 is 1.03 bits per heavy atom. The summed E-state index contributed by atoms with van der Waals surface area (Å²) in [6, 6.07) is 16.2. The van der Waals surface area contributed by atoms with Gasteiger partial charge < -0.3 is 4.90 Å².